The van der Waals surface area contributed by atoms with E-state index in [0.29, 0.717) is 0 Å². The van der Waals surface area contributed by atoms with E-state index in [0.717, 1.165) is 17.7 Å². The first-order valence-electron chi connectivity index (χ1n) is 9.59. The van der Waals surface area contributed by atoms with Crippen molar-refractivity contribution in [2.45, 2.75) is 57.6 Å². The molecule has 0 saturated heterocycles. The number of nitrogens with one attached hydrogen (secondary N) is 1. The molecule has 28 heavy (non-hydrogen) atoms. The summed E-state index contributed by atoms with van der Waals surface area (Å²) in [7, 11) is 0. The van der Waals surface area contributed by atoms with Crippen LogP contribution in [0.1, 0.15) is 37.0 Å². The molecule has 0 saturated carbocycles. The molecule has 2 atom stereocenters. The third-order valence-electron chi connectivity index (χ3n) is 4.61. The molecule has 0 bridgehead atoms. The van der Waals surface area contributed by atoms with E-state index in [2.05, 4.69) is 30.4 Å². The molecule has 0 aliphatic heterocycles. The van der Waals surface area contributed by atoms with E-state index in [1.165, 1.54) is 28.5 Å². The van der Waals surface area contributed by atoms with E-state index in [-0.39, 0.29) is 23.7 Å². The molecule has 2 aromatic carbocycles. The van der Waals surface area contributed by atoms with Crippen molar-refractivity contribution in [2.75, 3.05) is 5.75 Å². The van der Waals surface area contributed by atoms with Crippen molar-refractivity contribution in [1.82, 2.24) is 5.32 Å². The zero-order chi connectivity index (χ0) is 20.5. The zero-order valence-corrected chi connectivity index (χ0v) is 17.8. The minimum absolute atomic E-state index is 0.0127. The van der Waals surface area contributed by atoms with Gasteiger partial charge < -0.3 is 10.1 Å². The molecule has 5 heteroatoms. The van der Waals surface area contributed by atoms with Crippen molar-refractivity contribution in [3.05, 3.63) is 65.2 Å². The Hall–Kier alpha value is -2.27. The van der Waals surface area contributed by atoms with Gasteiger partial charge in [-0.2, -0.15) is 0 Å². The van der Waals surface area contributed by atoms with Crippen molar-refractivity contribution >= 4 is 23.6 Å². The van der Waals surface area contributed by atoms with Crippen molar-refractivity contribution < 1.29 is 14.3 Å². The van der Waals surface area contributed by atoms with Gasteiger partial charge in [-0.3, -0.25) is 9.59 Å². The summed E-state index contributed by atoms with van der Waals surface area (Å²) >= 11 is 1.42. The lowest BCUT2D eigenvalue weighted by molar-refractivity contribution is -0.152. The summed E-state index contributed by atoms with van der Waals surface area (Å²) in [6.07, 6.45) is 0.925. The number of carbonyl (C=O) groups excluding carboxylic acids is 2. The van der Waals surface area contributed by atoms with Gasteiger partial charge in [0.05, 0.1) is 5.75 Å². The molecular weight excluding hydrogens is 370 g/mol. The van der Waals surface area contributed by atoms with Gasteiger partial charge in [-0.05, 0) is 69.4 Å². The molecule has 0 unspecified atom stereocenters. The fourth-order valence-electron chi connectivity index (χ4n) is 2.69. The first-order valence-corrected chi connectivity index (χ1v) is 10.6. The molecule has 0 aliphatic carbocycles. The van der Waals surface area contributed by atoms with E-state index >= 15 is 0 Å². The number of amides is 1. The maximum Gasteiger partial charge on any atom is 0.317 e. The monoisotopic (exact) mass is 399 g/mol. The summed E-state index contributed by atoms with van der Waals surface area (Å²) in [5.41, 5.74) is 3.65. The summed E-state index contributed by atoms with van der Waals surface area (Å²) in [6.45, 7) is 7.67. The smallest absolute Gasteiger partial charge is 0.317 e. The topological polar surface area (TPSA) is 55.4 Å². The van der Waals surface area contributed by atoms with Gasteiger partial charge in [0.2, 0.25) is 0 Å². The predicted molar refractivity (Wildman–Crippen MR) is 115 cm³/mol. The number of hydrogen-bond acceptors (Lipinski definition) is 4. The second-order valence-electron chi connectivity index (χ2n) is 7.10. The highest BCUT2D eigenvalue weighted by molar-refractivity contribution is 8.00. The number of esters is 1. The maximum atomic E-state index is 12.3. The number of thioether (sulfide) groups is 1. The van der Waals surface area contributed by atoms with Gasteiger partial charge in [0.15, 0.2) is 6.10 Å². The Balaban J connectivity index is 1.71. The molecule has 0 spiro atoms. The van der Waals surface area contributed by atoms with Crippen LogP contribution in [0.25, 0.3) is 0 Å². The lowest BCUT2D eigenvalue weighted by Gasteiger charge is -2.18. The number of carbonyl (C=O) groups is 2. The van der Waals surface area contributed by atoms with Gasteiger partial charge in [0.1, 0.15) is 0 Å². The summed E-state index contributed by atoms with van der Waals surface area (Å²) in [5, 5.41) is 2.92. The van der Waals surface area contributed by atoms with Crippen LogP contribution >= 0.6 is 11.8 Å². The summed E-state index contributed by atoms with van der Waals surface area (Å²) < 4.78 is 5.28. The maximum absolute atomic E-state index is 12.3. The van der Waals surface area contributed by atoms with E-state index in [1.807, 2.05) is 44.2 Å². The third kappa shape index (κ3) is 7.39. The van der Waals surface area contributed by atoms with Gasteiger partial charge in [-0.1, -0.05) is 36.4 Å². The first kappa shape index (κ1) is 22.0. The Morgan fingerprint density at radius 3 is 2.43 bits per heavy atom. The normalized spacial score (nSPS) is 12.9. The fourth-order valence-corrected chi connectivity index (χ4v) is 3.47. The Kier molecular flexibility index (Phi) is 8.58. The van der Waals surface area contributed by atoms with Crippen LogP contribution in [0.15, 0.2) is 53.4 Å². The van der Waals surface area contributed by atoms with Gasteiger partial charge in [-0.25, -0.2) is 0 Å². The van der Waals surface area contributed by atoms with Crippen LogP contribution in [-0.2, 0) is 20.7 Å². The SMILES string of the molecule is Cc1ccc(SCC(=O)O[C@@H](C)C(=O)N[C@H](C)CCc2ccccc2)cc1C. The van der Waals surface area contributed by atoms with Gasteiger partial charge in [0.25, 0.3) is 5.91 Å². The summed E-state index contributed by atoms with van der Waals surface area (Å²) in [6, 6.07) is 16.3. The zero-order valence-electron chi connectivity index (χ0n) is 17.0. The van der Waals surface area contributed by atoms with Crippen molar-refractivity contribution in [3.63, 3.8) is 0 Å². The molecule has 0 aromatic heterocycles. The molecule has 1 amide bonds. The minimum atomic E-state index is -0.799. The molecule has 2 rings (SSSR count). The summed E-state index contributed by atoms with van der Waals surface area (Å²) in [5.74, 6) is -0.461. The Labute approximate surface area is 172 Å². The first-order chi connectivity index (χ1) is 13.3. The van der Waals surface area contributed by atoms with Crippen molar-refractivity contribution in [2.24, 2.45) is 0 Å². The second-order valence-corrected chi connectivity index (χ2v) is 8.15. The van der Waals surface area contributed by atoms with E-state index in [9.17, 15) is 9.59 Å². The van der Waals surface area contributed by atoms with Crippen molar-refractivity contribution in [1.29, 1.82) is 0 Å². The molecular formula is C23H29NO3S. The lowest BCUT2D eigenvalue weighted by Crippen LogP contribution is -2.41. The number of ether oxygens (including phenoxy) is 1. The second kappa shape index (κ2) is 10.9. The third-order valence-corrected chi connectivity index (χ3v) is 5.58. The molecule has 0 heterocycles. The quantitative estimate of drug-likeness (QED) is 0.499. The predicted octanol–water partition coefficient (Wildman–Crippen LogP) is 4.46. The average Bonchev–Trinajstić information content (AvgIpc) is 2.68. The molecule has 2 aromatic rings. The number of benzene rings is 2. The van der Waals surface area contributed by atoms with Crippen LogP contribution in [0.5, 0.6) is 0 Å². The molecule has 0 radical (unpaired) electrons. The fraction of sp³-hybridized carbons (Fsp3) is 0.391. The Morgan fingerprint density at radius 1 is 1.04 bits per heavy atom. The van der Waals surface area contributed by atoms with Crippen LogP contribution in [0.4, 0.5) is 0 Å². The van der Waals surface area contributed by atoms with Crippen molar-refractivity contribution in [3.8, 4) is 0 Å². The standard InChI is InChI=1S/C23H29NO3S/c1-16-10-13-21(14-17(16)2)28-15-22(25)27-19(4)23(26)24-18(3)11-12-20-8-6-5-7-9-20/h5-10,13-14,18-19H,11-12,15H2,1-4H3,(H,24,26)/t18-,19+/m1/s1. The number of rotatable bonds is 9. The highest BCUT2D eigenvalue weighted by Crippen LogP contribution is 2.21. The largest absolute Gasteiger partial charge is 0.452 e. The average molecular weight is 400 g/mol. The Morgan fingerprint density at radius 2 is 1.75 bits per heavy atom. The highest BCUT2D eigenvalue weighted by atomic mass is 32.2. The van der Waals surface area contributed by atoms with Crippen LogP contribution in [0.3, 0.4) is 0 Å². The Bertz CT molecular complexity index is 792. The van der Waals surface area contributed by atoms with E-state index in [4.69, 9.17) is 4.74 Å². The molecule has 4 nitrogen and oxygen atoms in total. The minimum Gasteiger partial charge on any atom is -0.452 e. The molecule has 1 N–H and O–H groups in total. The van der Waals surface area contributed by atoms with Gasteiger partial charge >= 0.3 is 5.97 Å². The summed E-state index contributed by atoms with van der Waals surface area (Å²) in [4.78, 5) is 25.3. The lowest BCUT2D eigenvalue weighted by atomic mass is 10.1. The van der Waals surface area contributed by atoms with Gasteiger partial charge in [0, 0.05) is 10.9 Å². The molecule has 0 aliphatic rings. The number of hydrogen-bond donors (Lipinski definition) is 1. The van der Waals surface area contributed by atoms with E-state index < -0.39 is 6.10 Å². The van der Waals surface area contributed by atoms with E-state index in [1.54, 1.807) is 6.92 Å². The molecule has 0 fully saturated rings. The van der Waals surface area contributed by atoms with Crippen LogP contribution in [0, 0.1) is 13.8 Å². The van der Waals surface area contributed by atoms with Crippen LogP contribution in [-0.4, -0.2) is 29.8 Å². The van der Waals surface area contributed by atoms with Crippen LogP contribution in [0.2, 0.25) is 0 Å². The molecule has 150 valence electrons. The number of aryl methyl sites for hydroxylation is 3. The highest BCUT2D eigenvalue weighted by Gasteiger charge is 2.19. The van der Waals surface area contributed by atoms with Gasteiger partial charge in [-0.15, -0.1) is 11.8 Å². The van der Waals surface area contributed by atoms with Crippen LogP contribution < -0.4 is 5.32 Å².